The summed E-state index contributed by atoms with van der Waals surface area (Å²) in [4.78, 5) is 4.48. The van der Waals surface area contributed by atoms with Gasteiger partial charge in [-0.05, 0) is 23.1 Å². The van der Waals surface area contributed by atoms with Crippen molar-refractivity contribution in [3.05, 3.63) is 78.1 Å². The molecule has 3 heteroatoms. The van der Waals surface area contributed by atoms with Crippen LogP contribution in [0.1, 0.15) is 11.3 Å². The first kappa shape index (κ1) is 11.9. The number of rotatable bonds is 1. The van der Waals surface area contributed by atoms with Crippen molar-refractivity contribution in [1.29, 1.82) is 0 Å². The van der Waals surface area contributed by atoms with Crippen molar-refractivity contribution in [3.63, 3.8) is 0 Å². The van der Waals surface area contributed by atoms with E-state index in [2.05, 4.69) is 59.1 Å². The van der Waals surface area contributed by atoms with Crippen LogP contribution in [0.15, 0.2) is 71.9 Å². The molecule has 100 valence electrons. The summed E-state index contributed by atoms with van der Waals surface area (Å²) in [5.41, 5.74) is 6.30. The predicted molar refractivity (Wildman–Crippen MR) is 86.3 cm³/mol. The first-order chi connectivity index (χ1) is 10.4. The van der Waals surface area contributed by atoms with E-state index in [0.717, 1.165) is 17.0 Å². The van der Waals surface area contributed by atoms with Crippen molar-refractivity contribution in [1.82, 2.24) is 0 Å². The van der Waals surface area contributed by atoms with Crippen molar-refractivity contribution in [2.75, 3.05) is 5.43 Å². The first-order valence-corrected chi connectivity index (χ1v) is 6.91. The molecule has 3 aromatic rings. The molecule has 2 heterocycles. The number of hydrogen-bond donors (Lipinski definition) is 1. The lowest BCUT2D eigenvalue weighted by Gasteiger charge is -2.09. The molecule has 0 unspecified atom stereocenters. The number of fused-ring (bicyclic) bond motifs is 2. The Bertz CT molecular complexity index is 864. The highest BCUT2D eigenvalue weighted by Crippen LogP contribution is 2.21. The van der Waals surface area contributed by atoms with Crippen molar-refractivity contribution in [2.45, 2.75) is 0 Å². The number of pyridine rings is 1. The van der Waals surface area contributed by atoms with E-state index in [0.29, 0.717) is 0 Å². The average molecular weight is 272 g/mol. The normalized spacial score (nSPS) is 15.0. The Morgan fingerprint density at radius 3 is 2.52 bits per heavy atom. The summed E-state index contributed by atoms with van der Waals surface area (Å²) < 4.78 is 2.00. The minimum absolute atomic E-state index is 0.950. The maximum atomic E-state index is 4.48. The molecule has 1 N–H and O–H groups in total. The fourth-order valence-electron chi connectivity index (χ4n) is 2.53. The third kappa shape index (κ3) is 2.19. The molecule has 1 aliphatic heterocycles. The molecule has 0 spiro atoms. The molecular weight excluding hydrogens is 258 g/mol. The van der Waals surface area contributed by atoms with Gasteiger partial charge in [-0.1, -0.05) is 53.2 Å². The van der Waals surface area contributed by atoms with Gasteiger partial charge in [0.25, 0.3) is 5.69 Å². The summed E-state index contributed by atoms with van der Waals surface area (Å²) in [5, 5.41) is 2.41. The number of nitrogens with zero attached hydrogens (tertiary/aromatic N) is 2. The Kier molecular flexibility index (Phi) is 2.75. The Morgan fingerprint density at radius 1 is 0.905 bits per heavy atom. The Morgan fingerprint density at radius 2 is 1.67 bits per heavy atom. The van der Waals surface area contributed by atoms with Gasteiger partial charge in [-0.3, -0.25) is 0 Å². The van der Waals surface area contributed by atoms with Crippen LogP contribution in [0, 0.1) is 0 Å². The zero-order valence-electron chi connectivity index (χ0n) is 11.4. The van der Waals surface area contributed by atoms with Gasteiger partial charge in [-0.15, -0.1) is 5.43 Å². The molecular formula is C18H14N3+. The molecule has 1 aromatic heterocycles. The molecule has 2 aromatic carbocycles. The smallest absolute Gasteiger partial charge is 0.226 e. The minimum atomic E-state index is 0.950. The maximum absolute atomic E-state index is 4.48. The summed E-state index contributed by atoms with van der Waals surface area (Å²) in [6, 6.07) is 20.7. The number of nitrogens with one attached hydrogen (secondary N) is 1. The Balaban J connectivity index is 1.89. The highest BCUT2D eigenvalue weighted by Gasteiger charge is 2.20. The highest BCUT2D eigenvalue weighted by molar-refractivity contribution is 5.89. The van der Waals surface area contributed by atoms with Gasteiger partial charge in [-0.2, -0.15) is 0 Å². The molecule has 0 amide bonds. The zero-order chi connectivity index (χ0) is 14.1. The van der Waals surface area contributed by atoms with Crippen LogP contribution in [0.4, 0.5) is 0 Å². The molecule has 0 saturated carbocycles. The van der Waals surface area contributed by atoms with Gasteiger partial charge in [-0.25, -0.2) is 4.99 Å². The highest BCUT2D eigenvalue weighted by atomic mass is 15.4. The zero-order valence-corrected chi connectivity index (χ0v) is 11.4. The molecule has 0 radical (unpaired) electrons. The van der Waals surface area contributed by atoms with Gasteiger partial charge >= 0.3 is 0 Å². The van der Waals surface area contributed by atoms with Crippen LogP contribution in [0.5, 0.6) is 0 Å². The molecule has 0 bridgehead atoms. The van der Waals surface area contributed by atoms with Crippen molar-refractivity contribution in [3.8, 4) is 0 Å². The second-order valence-electron chi connectivity index (χ2n) is 4.99. The number of aromatic nitrogens is 1. The van der Waals surface area contributed by atoms with Crippen molar-refractivity contribution < 1.29 is 4.68 Å². The SMILES string of the molecule is C1=NC(=Cc2ccccc2)c2cc3ccccc3c[n+]2N1. The van der Waals surface area contributed by atoms with Gasteiger partial charge in [0.1, 0.15) is 12.0 Å². The fraction of sp³-hybridized carbons (Fsp3) is 0. The summed E-state index contributed by atoms with van der Waals surface area (Å²) in [6.07, 6.45) is 5.91. The second-order valence-corrected chi connectivity index (χ2v) is 4.99. The number of hydrogen-bond acceptors (Lipinski definition) is 2. The van der Waals surface area contributed by atoms with Crippen LogP contribution >= 0.6 is 0 Å². The molecule has 3 nitrogen and oxygen atoms in total. The average Bonchev–Trinajstić information content (AvgIpc) is 2.54. The Hall–Kier alpha value is -2.94. The number of aliphatic imine (C=N–C) groups is 1. The summed E-state index contributed by atoms with van der Waals surface area (Å²) >= 11 is 0. The third-order valence-corrected chi connectivity index (χ3v) is 3.58. The van der Waals surface area contributed by atoms with E-state index in [9.17, 15) is 0 Å². The lowest BCUT2D eigenvalue weighted by molar-refractivity contribution is -0.641. The monoisotopic (exact) mass is 272 g/mol. The van der Waals surface area contributed by atoms with Crippen LogP contribution in [0.3, 0.4) is 0 Å². The molecule has 0 aliphatic carbocycles. The largest absolute Gasteiger partial charge is 0.261 e. The van der Waals surface area contributed by atoms with Crippen LogP contribution in [0.2, 0.25) is 0 Å². The van der Waals surface area contributed by atoms with E-state index < -0.39 is 0 Å². The molecule has 0 saturated heterocycles. The van der Waals surface area contributed by atoms with Gasteiger partial charge in [0, 0.05) is 11.5 Å². The fourth-order valence-corrected chi connectivity index (χ4v) is 2.53. The van der Waals surface area contributed by atoms with E-state index in [4.69, 9.17) is 0 Å². The summed E-state index contributed by atoms with van der Waals surface area (Å²) in [6.45, 7) is 0. The number of benzene rings is 2. The molecule has 1 aliphatic rings. The molecule has 21 heavy (non-hydrogen) atoms. The van der Waals surface area contributed by atoms with Crippen LogP contribution in [0.25, 0.3) is 22.5 Å². The van der Waals surface area contributed by atoms with E-state index in [1.54, 1.807) is 6.34 Å². The lowest BCUT2D eigenvalue weighted by Crippen LogP contribution is -2.49. The van der Waals surface area contributed by atoms with Gasteiger partial charge in [0.05, 0.1) is 0 Å². The standard InChI is InChI=1S/C18H14N3/c1-2-6-14(7-3-1)10-17-18-11-15-8-4-5-9-16(15)12-21(18)20-13-19-17/h1-13H,(H,19,20)/q+1. The molecule has 4 rings (SSSR count). The van der Waals surface area contributed by atoms with E-state index in [1.165, 1.54) is 10.8 Å². The van der Waals surface area contributed by atoms with Crippen LogP contribution < -0.4 is 10.1 Å². The minimum Gasteiger partial charge on any atom is -0.226 e. The van der Waals surface area contributed by atoms with Crippen LogP contribution in [-0.2, 0) is 0 Å². The van der Waals surface area contributed by atoms with E-state index >= 15 is 0 Å². The third-order valence-electron chi connectivity index (χ3n) is 3.58. The van der Waals surface area contributed by atoms with Gasteiger partial charge < -0.3 is 0 Å². The maximum Gasteiger partial charge on any atom is 0.261 e. The van der Waals surface area contributed by atoms with Crippen LogP contribution in [-0.4, -0.2) is 6.34 Å². The molecule has 0 fully saturated rings. The first-order valence-electron chi connectivity index (χ1n) is 6.91. The van der Waals surface area contributed by atoms with Crippen molar-refractivity contribution >= 4 is 28.9 Å². The van der Waals surface area contributed by atoms with E-state index in [1.807, 2.05) is 28.9 Å². The van der Waals surface area contributed by atoms with Crippen molar-refractivity contribution in [2.24, 2.45) is 4.99 Å². The van der Waals surface area contributed by atoms with Gasteiger partial charge in [0.15, 0.2) is 0 Å². The predicted octanol–water partition coefficient (Wildman–Crippen LogP) is 3.21. The topological polar surface area (TPSA) is 28.3 Å². The molecule has 0 atom stereocenters. The summed E-state index contributed by atoms with van der Waals surface area (Å²) in [5.74, 6) is 0. The quantitative estimate of drug-likeness (QED) is 0.677. The Labute approximate surface area is 122 Å². The van der Waals surface area contributed by atoms with Gasteiger partial charge in [0.2, 0.25) is 6.20 Å². The second kappa shape index (κ2) is 4.87. The lowest BCUT2D eigenvalue weighted by atomic mass is 10.1. The van der Waals surface area contributed by atoms with E-state index in [-0.39, 0.29) is 0 Å². The summed E-state index contributed by atoms with van der Waals surface area (Å²) in [7, 11) is 0.